The fraction of sp³-hybridized carbons (Fsp3) is 0.261. The van der Waals surface area contributed by atoms with Crippen molar-refractivity contribution < 1.29 is 9.59 Å². The van der Waals surface area contributed by atoms with Gasteiger partial charge in [0.05, 0.1) is 11.4 Å². The van der Waals surface area contributed by atoms with Gasteiger partial charge in [0.2, 0.25) is 11.8 Å². The number of primary amides is 1. The van der Waals surface area contributed by atoms with E-state index in [9.17, 15) is 9.59 Å². The summed E-state index contributed by atoms with van der Waals surface area (Å²) in [4.78, 5) is 25.5. The molecule has 7 heteroatoms. The maximum Gasteiger partial charge on any atom is 0.248 e. The summed E-state index contributed by atoms with van der Waals surface area (Å²) in [6.45, 7) is 5.41. The average molecular weight is 406 g/mol. The minimum absolute atomic E-state index is 0.0814. The predicted octanol–water partition coefficient (Wildman–Crippen LogP) is 3.05. The number of aromatic nitrogens is 2. The number of nitrogens with zero attached hydrogens (tertiary/aromatic N) is 3. The Bertz CT molecular complexity index is 1030. The zero-order valence-corrected chi connectivity index (χ0v) is 17.6. The number of nitrogens with one attached hydrogen (secondary N) is 1. The Hall–Kier alpha value is -3.45. The number of benzene rings is 2. The van der Waals surface area contributed by atoms with Gasteiger partial charge in [-0.1, -0.05) is 18.2 Å². The van der Waals surface area contributed by atoms with Gasteiger partial charge < -0.3 is 16.0 Å². The van der Waals surface area contributed by atoms with Gasteiger partial charge >= 0.3 is 0 Å². The summed E-state index contributed by atoms with van der Waals surface area (Å²) < 4.78 is 1.96. The molecule has 2 aromatic carbocycles. The maximum atomic E-state index is 12.3. The van der Waals surface area contributed by atoms with Crippen molar-refractivity contribution in [3.8, 4) is 5.69 Å². The van der Waals surface area contributed by atoms with E-state index < -0.39 is 5.91 Å². The molecule has 0 fully saturated rings. The van der Waals surface area contributed by atoms with Crippen LogP contribution in [0.15, 0.2) is 54.6 Å². The zero-order chi connectivity index (χ0) is 21.7. The van der Waals surface area contributed by atoms with Gasteiger partial charge in [0.25, 0.3) is 0 Å². The van der Waals surface area contributed by atoms with Crippen LogP contribution in [0, 0.1) is 13.8 Å². The van der Waals surface area contributed by atoms with Gasteiger partial charge in [0, 0.05) is 42.0 Å². The third-order valence-electron chi connectivity index (χ3n) is 5.04. The normalized spacial score (nSPS) is 10.9. The highest BCUT2D eigenvalue weighted by atomic mass is 16.2. The van der Waals surface area contributed by atoms with Crippen molar-refractivity contribution in [2.24, 2.45) is 5.73 Å². The van der Waals surface area contributed by atoms with E-state index in [1.165, 1.54) is 5.56 Å². The molecule has 0 atom stereocenters. The second kappa shape index (κ2) is 9.37. The van der Waals surface area contributed by atoms with Crippen molar-refractivity contribution in [3.63, 3.8) is 0 Å². The zero-order valence-electron chi connectivity index (χ0n) is 17.6. The van der Waals surface area contributed by atoms with Gasteiger partial charge in [0.1, 0.15) is 0 Å². The number of aryl methyl sites for hydroxylation is 1. The first-order chi connectivity index (χ1) is 14.3. The molecule has 0 spiro atoms. The lowest BCUT2D eigenvalue weighted by atomic mass is 10.1. The van der Waals surface area contributed by atoms with E-state index in [4.69, 9.17) is 5.73 Å². The Labute approximate surface area is 176 Å². The van der Waals surface area contributed by atoms with Crippen LogP contribution in [0.5, 0.6) is 0 Å². The van der Waals surface area contributed by atoms with Crippen LogP contribution < -0.4 is 11.1 Å². The SMILES string of the molecule is Cc1nn(-c2ccccc2)c(C)c1CN(C)CCC(=O)Nc1ccc(C(N)=O)cc1. The lowest BCUT2D eigenvalue weighted by Crippen LogP contribution is -2.24. The van der Waals surface area contributed by atoms with E-state index in [2.05, 4.69) is 22.2 Å². The molecule has 0 bridgehead atoms. The summed E-state index contributed by atoms with van der Waals surface area (Å²) in [5.74, 6) is -0.572. The highest BCUT2D eigenvalue weighted by Crippen LogP contribution is 2.19. The van der Waals surface area contributed by atoms with E-state index in [1.807, 2.05) is 49.0 Å². The highest BCUT2D eigenvalue weighted by Gasteiger charge is 2.15. The summed E-state index contributed by atoms with van der Waals surface area (Å²) in [6, 6.07) is 16.6. The van der Waals surface area contributed by atoms with E-state index in [0.717, 1.165) is 17.1 Å². The van der Waals surface area contributed by atoms with Crippen LogP contribution in [0.4, 0.5) is 5.69 Å². The lowest BCUT2D eigenvalue weighted by Gasteiger charge is -2.17. The molecule has 0 radical (unpaired) electrons. The Morgan fingerprint density at radius 2 is 1.73 bits per heavy atom. The van der Waals surface area contributed by atoms with E-state index >= 15 is 0 Å². The van der Waals surface area contributed by atoms with Crippen molar-refractivity contribution in [1.82, 2.24) is 14.7 Å². The minimum atomic E-state index is -0.490. The Morgan fingerprint density at radius 1 is 1.07 bits per heavy atom. The molecule has 1 aromatic heterocycles. The quantitative estimate of drug-likeness (QED) is 0.602. The number of hydrogen-bond acceptors (Lipinski definition) is 4. The van der Waals surface area contributed by atoms with Crippen molar-refractivity contribution in [3.05, 3.63) is 77.1 Å². The predicted molar refractivity (Wildman–Crippen MR) is 118 cm³/mol. The Kier molecular flexibility index (Phi) is 6.64. The first kappa shape index (κ1) is 21.3. The van der Waals surface area contributed by atoms with Gasteiger partial charge in [-0.05, 0) is 57.3 Å². The van der Waals surface area contributed by atoms with Crippen LogP contribution in [0.1, 0.15) is 33.7 Å². The molecular weight excluding hydrogens is 378 g/mol. The number of hydrogen-bond donors (Lipinski definition) is 2. The van der Waals surface area contributed by atoms with Crippen molar-refractivity contribution in [1.29, 1.82) is 0 Å². The van der Waals surface area contributed by atoms with Gasteiger partial charge in [-0.2, -0.15) is 5.10 Å². The van der Waals surface area contributed by atoms with Gasteiger partial charge in [0.15, 0.2) is 0 Å². The van der Waals surface area contributed by atoms with Crippen LogP contribution in [-0.4, -0.2) is 40.1 Å². The number of anilines is 1. The van der Waals surface area contributed by atoms with Crippen molar-refractivity contribution in [2.75, 3.05) is 18.9 Å². The first-order valence-electron chi connectivity index (χ1n) is 9.84. The van der Waals surface area contributed by atoms with Crippen molar-refractivity contribution >= 4 is 17.5 Å². The number of para-hydroxylation sites is 1. The fourth-order valence-electron chi connectivity index (χ4n) is 3.31. The minimum Gasteiger partial charge on any atom is -0.366 e. The van der Waals surface area contributed by atoms with E-state index in [-0.39, 0.29) is 5.91 Å². The Balaban J connectivity index is 1.55. The molecule has 0 saturated heterocycles. The van der Waals surface area contributed by atoms with Crippen LogP contribution in [-0.2, 0) is 11.3 Å². The maximum absolute atomic E-state index is 12.3. The molecule has 1 heterocycles. The summed E-state index contributed by atoms with van der Waals surface area (Å²) >= 11 is 0. The molecule has 30 heavy (non-hydrogen) atoms. The highest BCUT2D eigenvalue weighted by molar-refractivity contribution is 5.94. The third kappa shape index (κ3) is 5.12. The smallest absolute Gasteiger partial charge is 0.248 e. The molecule has 3 N–H and O–H groups in total. The molecule has 3 aromatic rings. The number of rotatable bonds is 8. The van der Waals surface area contributed by atoms with Gasteiger partial charge in [-0.25, -0.2) is 4.68 Å². The van der Waals surface area contributed by atoms with Crippen LogP contribution in [0.3, 0.4) is 0 Å². The second-order valence-corrected chi connectivity index (χ2v) is 7.37. The molecule has 156 valence electrons. The summed E-state index contributed by atoms with van der Waals surface area (Å²) in [5, 5.41) is 7.52. The monoisotopic (exact) mass is 405 g/mol. The largest absolute Gasteiger partial charge is 0.366 e. The van der Waals surface area contributed by atoms with Crippen LogP contribution in [0.25, 0.3) is 5.69 Å². The molecule has 7 nitrogen and oxygen atoms in total. The molecule has 0 unspecified atom stereocenters. The molecule has 3 rings (SSSR count). The molecule has 0 saturated carbocycles. The summed E-state index contributed by atoms with van der Waals surface area (Å²) in [5.41, 5.74) is 10.6. The number of carbonyl (C=O) groups is 2. The van der Waals surface area contributed by atoms with Gasteiger partial charge in [-0.15, -0.1) is 0 Å². The van der Waals surface area contributed by atoms with Crippen molar-refractivity contribution in [2.45, 2.75) is 26.8 Å². The molecular formula is C23H27N5O2. The van der Waals surface area contributed by atoms with E-state index in [1.54, 1.807) is 24.3 Å². The third-order valence-corrected chi connectivity index (χ3v) is 5.04. The van der Waals surface area contributed by atoms with Gasteiger partial charge in [-0.3, -0.25) is 9.59 Å². The lowest BCUT2D eigenvalue weighted by molar-refractivity contribution is -0.116. The average Bonchev–Trinajstić information content (AvgIpc) is 3.01. The molecule has 0 aliphatic carbocycles. The number of carbonyl (C=O) groups excluding carboxylic acids is 2. The topological polar surface area (TPSA) is 93.2 Å². The molecule has 0 aliphatic rings. The second-order valence-electron chi connectivity index (χ2n) is 7.37. The summed E-state index contributed by atoms with van der Waals surface area (Å²) in [7, 11) is 1.99. The standard InChI is InChI=1S/C23H27N5O2/c1-16-21(17(2)28(26-16)20-7-5-4-6-8-20)15-27(3)14-13-22(29)25-19-11-9-18(10-12-19)23(24)30/h4-12H,13-15H2,1-3H3,(H2,24,30)(H,25,29). The van der Waals surface area contributed by atoms with Crippen LogP contribution >= 0.6 is 0 Å². The van der Waals surface area contributed by atoms with E-state index in [0.29, 0.717) is 30.8 Å². The number of nitrogens with two attached hydrogens (primary N) is 1. The summed E-state index contributed by atoms with van der Waals surface area (Å²) in [6.07, 6.45) is 0.360. The molecule has 2 amide bonds. The fourth-order valence-corrected chi connectivity index (χ4v) is 3.31. The number of amides is 2. The Morgan fingerprint density at radius 3 is 2.37 bits per heavy atom. The van der Waals surface area contributed by atoms with Crippen LogP contribution in [0.2, 0.25) is 0 Å². The molecule has 0 aliphatic heterocycles. The first-order valence-corrected chi connectivity index (χ1v) is 9.84.